The smallest absolute Gasteiger partial charge is 0.262 e. The number of hydrogen-bond acceptors (Lipinski definition) is 10. The second-order valence-corrected chi connectivity index (χ2v) is 14.7. The number of aromatic nitrogens is 4. The van der Waals surface area contributed by atoms with Crippen LogP contribution in [0.1, 0.15) is 71.2 Å². The molecule has 9 rings (SSSR count). The van der Waals surface area contributed by atoms with Gasteiger partial charge in [0.2, 0.25) is 23.6 Å². The molecule has 58 heavy (non-hydrogen) atoms. The molecular weight excluding hydrogens is 737 g/mol. The number of nitrogens with one attached hydrogen (secondary N) is 1. The summed E-state index contributed by atoms with van der Waals surface area (Å²) in [6.07, 6.45) is 11.2. The van der Waals surface area contributed by atoms with E-state index in [0.717, 1.165) is 63.7 Å². The molecule has 1 saturated carbocycles. The summed E-state index contributed by atoms with van der Waals surface area (Å²) in [4.78, 5) is 64.0. The maximum atomic E-state index is 13.0. The van der Waals surface area contributed by atoms with Crippen molar-refractivity contribution in [3.63, 3.8) is 0 Å². The van der Waals surface area contributed by atoms with Gasteiger partial charge in [0.25, 0.3) is 11.8 Å². The Kier molecular flexibility index (Phi) is 9.75. The minimum Gasteiger partial charge on any atom is -0.494 e. The van der Waals surface area contributed by atoms with Gasteiger partial charge in [-0.25, -0.2) is 9.97 Å². The van der Waals surface area contributed by atoms with E-state index >= 15 is 0 Å². The summed E-state index contributed by atoms with van der Waals surface area (Å²) in [5, 5.41) is 4.52. The van der Waals surface area contributed by atoms with Crippen LogP contribution in [0, 0.1) is 11.8 Å². The van der Waals surface area contributed by atoms with E-state index in [1.807, 2.05) is 48.9 Å². The topological polar surface area (TPSA) is 155 Å². The molecule has 1 unspecified atom stereocenters. The standard InChI is InChI=1S/C45H38N6O7/c1-50-37-17-18-46-26-36(37)33-11-8-28(20-39(33)50)29-9-16-42(48-25-29)58-32-21-31(22-32)57-41-15-7-27(24-47-41)6-4-2-3-5-19-56-30-10-12-34-35(23-30)45(55)51(44(34)54)38-13-14-40(52)49-43(38)53/h7-12,15-18,20,23-26,31-32,38H,2-3,5,13-14,19,21-22H2,1H3,(H,49,52,53). The van der Waals surface area contributed by atoms with Gasteiger partial charge in [0.05, 0.1) is 23.3 Å². The molecule has 2 fully saturated rings. The number of carbonyl (C=O) groups is 4. The van der Waals surface area contributed by atoms with Gasteiger partial charge in [-0.2, -0.15) is 0 Å². The molecule has 13 nitrogen and oxygen atoms in total. The fourth-order valence-corrected chi connectivity index (χ4v) is 7.64. The molecule has 290 valence electrons. The van der Waals surface area contributed by atoms with Gasteiger partial charge in [-0.1, -0.05) is 24.0 Å². The highest BCUT2D eigenvalue weighted by molar-refractivity contribution is 6.23. The van der Waals surface area contributed by atoms with Crippen molar-refractivity contribution in [3.8, 4) is 40.5 Å². The minimum atomic E-state index is -1.00. The minimum absolute atomic E-state index is 0.0194. The van der Waals surface area contributed by atoms with Gasteiger partial charge in [-0.15, -0.1) is 0 Å². The van der Waals surface area contributed by atoms with Crippen LogP contribution in [0.5, 0.6) is 17.5 Å². The zero-order valence-electron chi connectivity index (χ0n) is 31.6. The highest BCUT2D eigenvalue weighted by atomic mass is 16.5. The Morgan fingerprint density at radius 2 is 1.55 bits per heavy atom. The van der Waals surface area contributed by atoms with E-state index in [9.17, 15) is 19.2 Å². The van der Waals surface area contributed by atoms with Gasteiger partial charge in [-0.05, 0) is 67.3 Å². The number of nitrogens with zero attached hydrogens (tertiary/aromatic N) is 5. The number of rotatable bonds is 11. The molecule has 3 aliphatic rings. The van der Waals surface area contributed by atoms with Crippen LogP contribution < -0.4 is 19.5 Å². The van der Waals surface area contributed by atoms with Gasteiger partial charge < -0.3 is 18.8 Å². The third kappa shape index (κ3) is 7.20. The Balaban J connectivity index is 0.683. The molecule has 0 bridgehead atoms. The largest absolute Gasteiger partial charge is 0.494 e. The first-order valence-corrected chi connectivity index (χ1v) is 19.3. The van der Waals surface area contributed by atoms with Crippen molar-refractivity contribution in [3.05, 3.63) is 108 Å². The lowest BCUT2D eigenvalue weighted by molar-refractivity contribution is -0.136. The first-order valence-electron chi connectivity index (χ1n) is 19.3. The maximum Gasteiger partial charge on any atom is 0.262 e. The highest BCUT2D eigenvalue weighted by Gasteiger charge is 2.44. The third-order valence-electron chi connectivity index (χ3n) is 10.8. The number of fused-ring (bicyclic) bond motifs is 4. The van der Waals surface area contributed by atoms with Crippen molar-refractivity contribution in [1.29, 1.82) is 0 Å². The molecule has 2 aliphatic heterocycles. The van der Waals surface area contributed by atoms with Gasteiger partial charge in [-0.3, -0.25) is 34.4 Å². The predicted octanol–water partition coefficient (Wildman–Crippen LogP) is 6.17. The molecule has 1 atom stereocenters. The van der Waals surface area contributed by atoms with Crippen molar-refractivity contribution in [1.82, 2.24) is 29.7 Å². The average Bonchev–Trinajstić information content (AvgIpc) is 3.65. The van der Waals surface area contributed by atoms with Crippen LogP contribution in [0.25, 0.3) is 32.9 Å². The third-order valence-corrected chi connectivity index (χ3v) is 10.8. The lowest BCUT2D eigenvalue weighted by atomic mass is 9.92. The zero-order valence-corrected chi connectivity index (χ0v) is 31.6. The molecule has 1 N–H and O–H groups in total. The highest BCUT2D eigenvalue weighted by Crippen LogP contribution is 2.34. The number of ether oxygens (including phenoxy) is 3. The number of hydrogen-bond donors (Lipinski definition) is 1. The molecule has 2 aromatic carbocycles. The molecule has 1 aliphatic carbocycles. The summed E-state index contributed by atoms with van der Waals surface area (Å²) in [6.45, 7) is 0.408. The first kappa shape index (κ1) is 36.6. The van der Waals surface area contributed by atoms with Crippen LogP contribution >= 0.6 is 0 Å². The van der Waals surface area contributed by atoms with E-state index in [4.69, 9.17) is 14.2 Å². The lowest BCUT2D eigenvalue weighted by Gasteiger charge is -2.34. The molecular formula is C45H38N6O7. The fourth-order valence-electron chi connectivity index (χ4n) is 7.64. The summed E-state index contributed by atoms with van der Waals surface area (Å²) < 4.78 is 20.2. The summed E-state index contributed by atoms with van der Waals surface area (Å²) in [7, 11) is 2.07. The van der Waals surface area contributed by atoms with E-state index in [0.29, 0.717) is 30.5 Å². The maximum absolute atomic E-state index is 13.0. The number of benzene rings is 2. The Morgan fingerprint density at radius 1 is 0.776 bits per heavy atom. The Morgan fingerprint density at radius 3 is 2.31 bits per heavy atom. The number of unbranched alkanes of at least 4 members (excludes halogenated alkanes) is 2. The molecule has 6 heterocycles. The van der Waals surface area contributed by atoms with Gasteiger partial charge >= 0.3 is 0 Å². The number of amides is 4. The van der Waals surface area contributed by atoms with Crippen LogP contribution in [-0.2, 0) is 16.6 Å². The monoisotopic (exact) mass is 774 g/mol. The van der Waals surface area contributed by atoms with Crippen LogP contribution in [-0.4, -0.2) is 72.9 Å². The summed E-state index contributed by atoms with van der Waals surface area (Å²) in [6, 6.07) is 19.9. The number of piperidine rings is 1. The molecule has 1 saturated heterocycles. The van der Waals surface area contributed by atoms with Crippen LogP contribution in [0.2, 0.25) is 0 Å². The molecule has 0 radical (unpaired) electrons. The Bertz CT molecular complexity index is 2660. The van der Waals surface area contributed by atoms with E-state index in [1.165, 1.54) is 17.5 Å². The van der Waals surface area contributed by atoms with Crippen LogP contribution in [0.15, 0.2) is 91.5 Å². The van der Waals surface area contributed by atoms with E-state index in [-0.39, 0.29) is 36.2 Å². The second-order valence-electron chi connectivity index (χ2n) is 14.7. The molecule has 4 aromatic heterocycles. The van der Waals surface area contributed by atoms with Crippen molar-refractivity contribution in [2.45, 2.75) is 63.2 Å². The zero-order chi connectivity index (χ0) is 39.8. The van der Waals surface area contributed by atoms with E-state index < -0.39 is 29.7 Å². The summed E-state index contributed by atoms with van der Waals surface area (Å²) >= 11 is 0. The molecule has 6 aromatic rings. The molecule has 4 amide bonds. The van der Waals surface area contributed by atoms with Crippen molar-refractivity contribution >= 4 is 45.4 Å². The molecule has 0 spiro atoms. The fraction of sp³-hybridized carbons (Fsp3) is 0.267. The predicted molar refractivity (Wildman–Crippen MR) is 213 cm³/mol. The van der Waals surface area contributed by atoms with Gasteiger partial charge in [0.1, 0.15) is 24.0 Å². The van der Waals surface area contributed by atoms with E-state index in [1.54, 1.807) is 12.3 Å². The van der Waals surface area contributed by atoms with Crippen molar-refractivity contribution in [2.24, 2.45) is 7.05 Å². The summed E-state index contributed by atoms with van der Waals surface area (Å²) in [5.41, 5.74) is 5.62. The normalized spacial score (nSPS) is 18.7. The van der Waals surface area contributed by atoms with Crippen LogP contribution in [0.3, 0.4) is 0 Å². The Labute approximate surface area is 333 Å². The summed E-state index contributed by atoms with van der Waals surface area (Å²) in [5.74, 6) is 5.76. The number of aryl methyl sites for hydroxylation is 1. The van der Waals surface area contributed by atoms with E-state index in [2.05, 4.69) is 61.9 Å². The quantitative estimate of drug-likeness (QED) is 0.0918. The SMILES string of the molecule is Cn1c2ccncc2c2ccc(-c3ccc(OC4CC(Oc5ccc(C#CCCCCOc6ccc7c(c6)C(=O)N(C6CCC(=O)NC6=O)C7=O)cn5)C4)nc3)cc21. The van der Waals surface area contributed by atoms with Crippen LogP contribution in [0.4, 0.5) is 0 Å². The Hall–Kier alpha value is -7.07. The number of carbonyl (C=O) groups excluding carboxylic acids is 4. The van der Waals surface area contributed by atoms with Crippen molar-refractivity contribution < 1.29 is 33.4 Å². The molecule has 13 heteroatoms. The number of imide groups is 2. The number of pyridine rings is 3. The van der Waals surface area contributed by atoms with Crippen molar-refractivity contribution in [2.75, 3.05) is 6.61 Å². The lowest BCUT2D eigenvalue weighted by Crippen LogP contribution is -2.54. The average molecular weight is 775 g/mol. The second kappa shape index (κ2) is 15.5. The van der Waals surface area contributed by atoms with Gasteiger partial charge in [0.15, 0.2) is 0 Å². The van der Waals surface area contributed by atoms with Gasteiger partial charge in [0, 0.05) is 97.1 Å². The first-order chi connectivity index (χ1) is 28.3.